The fraction of sp³-hybridized carbons (Fsp3) is 0.800. The molecule has 0 amide bonds. The first-order valence-corrected chi connectivity index (χ1v) is 5.52. The Kier molecular flexibility index (Phi) is 3.69. The molecule has 0 bridgehead atoms. The van der Waals surface area contributed by atoms with E-state index >= 15 is 0 Å². The van der Waals surface area contributed by atoms with Crippen molar-refractivity contribution in [3.05, 3.63) is 11.6 Å². The number of aryl methyl sites for hydroxylation is 1. The van der Waals surface area contributed by atoms with Crippen molar-refractivity contribution in [1.29, 1.82) is 0 Å². The standard InChI is InChI=1S/C10H18N4O/c1-15-7-5-11-8-10-13-12-9-4-2-3-6-14(9)10/h11H,2-8H2,1H3. The minimum atomic E-state index is 0.737. The van der Waals surface area contributed by atoms with E-state index in [-0.39, 0.29) is 0 Å². The smallest absolute Gasteiger partial charge is 0.147 e. The van der Waals surface area contributed by atoms with Crippen LogP contribution in [-0.2, 0) is 24.2 Å². The lowest BCUT2D eigenvalue weighted by molar-refractivity contribution is 0.198. The summed E-state index contributed by atoms with van der Waals surface area (Å²) >= 11 is 0. The molecule has 1 N–H and O–H groups in total. The molecule has 0 radical (unpaired) electrons. The van der Waals surface area contributed by atoms with Crippen molar-refractivity contribution < 1.29 is 4.74 Å². The Morgan fingerprint density at radius 1 is 1.40 bits per heavy atom. The van der Waals surface area contributed by atoms with Crippen LogP contribution in [0, 0.1) is 0 Å². The molecule has 0 spiro atoms. The number of hydrogen-bond acceptors (Lipinski definition) is 4. The van der Waals surface area contributed by atoms with E-state index < -0.39 is 0 Å². The van der Waals surface area contributed by atoms with Crippen molar-refractivity contribution >= 4 is 0 Å². The van der Waals surface area contributed by atoms with Gasteiger partial charge < -0.3 is 14.6 Å². The van der Waals surface area contributed by atoms with Crippen molar-refractivity contribution in [2.75, 3.05) is 20.3 Å². The summed E-state index contributed by atoms with van der Waals surface area (Å²) in [7, 11) is 1.71. The second-order valence-electron chi connectivity index (χ2n) is 3.81. The molecule has 15 heavy (non-hydrogen) atoms. The van der Waals surface area contributed by atoms with Crippen LogP contribution in [0.1, 0.15) is 24.5 Å². The summed E-state index contributed by atoms with van der Waals surface area (Å²) in [5, 5.41) is 11.7. The highest BCUT2D eigenvalue weighted by atomic mass is 16.5. The highest BCUT2D eigenvalue weighted by molar-refractivity contribution is 4.98. The molecule has 1 aromatic rings. The number of nitrogens with zero attached hydrogens (tertiary/aromatic N) is 3. The molecule has 5 nitrogen and oxygen atoms in total. The van der Waals surface area contributed by atoms with Gasteiger partial charge >= 0.3 is 0 Å². The maximum atomic E-state index is 4.97. The van der Waals surface area contributed by atoms with Gasteiger partial charge in [-0.05, 0) is 12.8 Å². The molecule has 2 rings (SSSR count). The van der Waals surface area contributed by atoms with Gasteiger partial charge in [-0.25, -0.2) is 0 Å². The van der Waals surface area contributed by atoms with Gasteiger partial charge in [-0.1, -0.05) is 0 Å². The summed E-state index contributed by atoms with van der Waals surface area (Å²) in [5.41, 5.74) is 0. The Morgan fingerprint density at radius 3 is 3.20 bits per heavy atom. The summed E-state index contributed by atoms with van der Waals surface area (Å²) in [5.74, 6) is 2.20. The maximum Gasteiger partial charge on any atom is 0.147 e. The quantitative estimate of drug-likeness (QED) is 0.712. The highest BCUT2D eigenvalue weighted by Gasteiger charge is 2.14. The van der Waals surface area contributed by atoms with Crippen molar-refractivity contribution in [1.82, 2.24) is 20.1 Å². The fourth-order valence-electron chi connectivity index (χ4n) is 1.87. The van der Waals surface area contributed by atoms with E-state index in [0.29, 0.717) is 0 Å². The Morgan fingerprint density at radius 2 is 2.33 bits per heavy atom. The van der Waals surface area contributed by atoms with Crippen LogP contribution in [0.4, 0.5) is 0 Å². The first-order chi connectivity index (χ1) is 7.42. The first-order valence-electron chi connectivity index (χ1n) is 5.52. The molecule has 5 heteroatoms. The second-order valence-corrected chi connectivity index (χ2v) is 3.81. The van der Waals surface area contributed by atoms with Crippen LogP contribution in [0.3, 0.4) is 0 Å². The van der Waals surface area contributed by atoms with Crippen LogP contribution in [0.25, 0.3) is 0 Å². The van der Waals surface area contributed by atoms with Crippen LogP contribution >= 0.6 is 0 Å². The van der Waals surface area contributed by atoms with Crippen molar-refractivity contribution in [2.24, 2.45) is 0 Å². The zero-order valence-electron chi connectivity index (χ0n) is 9.20. The predicted molar refractivity (Wildman–Crippen MR) is 56.5 cm³/mol. The third-order valence-electron chi connectivity index (χ3n) is 2.70. The van der Waals surface area contributed by atoms with Gasteiger partial charge in [0.2, 0.25) is 0 Å². The molecule has 0 saturated heterocycles. The van der Waals surface area contributed by atoms with E-state index in [1.54, 1.807) is 7.11 Å². The van der Waals surface area contributed by atoms with Gasteiger partial charge in [0.05, 0.1) is 13.2 Å². The molecule has 0 fully saturated rings. The van der Waals surface area contributed by atoms with Crippen LogP contribution < -0.4 is 5.32 Å². The van der Waals surface area contributed by atoms with Gasteiger partial charge in [-0.3, -0.25) is 0 Å². The molecule has 0 saturated carbocycles. The molecule has 2 heterocycles. The monoisotopic (exact) mass is 210 g/mol. The fourth-order valence-corrected chi connectivity index (χ4v) is 1.87. The molecular weight excluding hydrogens is 192 g/mol. The summed E-state index contributed by atoms with van der Waals surface area (Å²) in [6, 6.07) is 0. The predicted octanol–water partition coefficient (Wildman–Crippen LogP) is 0.350. The Balaban J connectivity index is 1.88. The van der Waals surface area contributed by atoms with Gasteiger partial charge in [-0.15, -0.1) is 10.2 Å². The highest BCUT2D eigenvalue weighted by Crippen LogP contribution is 2.13. The third-order valence-corrected chi connectivity index (χ3v) is 2.70. The van der Waals surface area contributed by atoms with Crippen molar-refractivity contribution in [2.45, 2.75) is 32.4 Å². The van der Waals surface area contributed by atoms with Crippen LogP contribution in [-0.4, -0.2) is 35.0 Å². The second kappa shape index (κ2) is 5.23. The summed E-state index contributed by atoms with van der Waals surface area (Å²) in [6.45, 7) is 3.46. The molecule has 1 aliphatic rings. The van der Waals surface area contributed by atoms with E-state index in [4.69, 9.17) is 4.74 Å². The lowest BCUT2D eigenvalue weighted by Crippen LogP contribution is -2.22. The van der Waals surface area contributed by atoms with Crippen LogP contribution in [0.5, 0.6) is 0 Å². The number of nitrogens with one attached hydrogen (secondary N) is 1. The molecule has 1 aromatic heterocycles. The number of ether oxygens (including phenoxy) is 1. The van der Waals surface area contributed by atoms with Gasteiger partial charge in [0.1, 0.15) is 11.6 Å². The SMILES string of the molecule is COCCNCc1nnc2n1CCCC2. The topological polar surface area (TPSA) is 52.0 Å². The summed E-state index contributed by atoms with van der Waals surface area (Å²) in [6.07, 6.45) is 3.57. The average molecular weight is 210 g/mol. The molecule has 1 aliphatic heterocycles. The van der Waals surface area contributed by atoms with E-state index in [2.05, 4.69) is 20.1 Å². The average Bonchev–Trinajstić information content (AvgIpc) is 2.68. The lowest BCUT2D eigenvalue weighted by Gasteiger charge is -2.14. The summed E-state index contributed by atoms with van der Waals surface area (Å²) < 4.78 is 7.21. The number of fused-ring (bicyclic) bond motifs is 1. The van der Waals surface area contributed by atoms with Crippen molar-refractivity contribution in [3.63, 3.8) is 0 Å². The van der Waals surface area contributed by atoms with Gasteiger partial charge in [-0.2, -0.15) is 0 Å². The third kappa shape index (κ3) is 2.54. The zero-order valence-corrected chi connectivity index (χ0v) is 9.20. The summed E-state index contributed by atoms with van der Waals surface area (Å²) in [4.78, 5) is 0. The number of rotatable bonds is 5. The Hall–Kier alpha value is -0.940. The minimum absolute atomic E-state index is 0.737. The number of aromatic nitrogens is 3. The lowest BCUT2D eigenvalue weighted by atomic mass is 10.2. The van der Waals surface area contributed by atoms with E-state index in [1.165, 1.54) is 12.8 Å². The minimum Gasteiger partial charge on any atom is -0.383 e. The molecular formula is C10H18N4O. The zero-order chi connectivity index (χ0) is 10.5. The van der Waals surface area contributed by atoms with E-state index in [9.17, 15) is 0 Å². The number of methoxy groups -OCH3 is 1. The van der Waals surface area contributed by atoms with Gasteiger partial charge in [0.15, 0.2) is 0 Å². The Labute approximate surface area is 89.8 Å². The first kappa shape index (κ1) is 10.6. The molecule has 0 atom stereocenters. The number of hydrogen-bond donors (Lipinski definition) is 1. The van der Waals surface area contributed by atoms with E-state index in [1.807, 2.05) is 0 Å². The normalized spacial score (nSPS) is 15.3. The maximum absolute atomic E-state index is 4.97. The van der Waals surface area contributed by atoms with E-state index in [0.717, 1.165) is 44.3 Å². The Bertz CT molecular complexity index is 310. The molecule has 0 aromatic carbocycles. The van der Waals surface area contributed by atoms with Gasteiger partial charge in [0, 0.05) is 26.6 Å². The molecule has 84 valence electrons. The van der Waals surface area contributed by atoms with Crippen LogP contribution in [0.2, 0.25) is 0 Å². The van der Waals surface area contributed by atoms with Crippen molar-refractivity contribution in [3.8, 4) is 0 Å². The molecule has 0 aliphatic carbocycles. The molecule has 0 unspecified atom stereocenters. The van der Waals surface area contributed by atoms with Gasteiger partial charge in [0.25, 0.3) is 0 Å². The largest absolute Gasteiger partial charge is 0.383 e. The van der Waals surface area contributed by atoms with Crippen LogP contribution in [0.15, 0.2) is 0 Å².